The van der Waals surface area contributed by atoms with Crippen LogP contribution in [-0.4, -0.2) is 23.2 Å². The Morgan fingerprint density at radius 3 is 2.66 bits per heavy atom. The normalized spacial score (nSPS) is 15.1. The topological polar surface area (TPSA) is 76.9 Å². The van der Waals surface area contributed by atoms with Crippen LogP contribution in [0.15, 0.2) is 53.6 Å². The molecule has 1 N–H and O–H groups in total. The first-order valence-corrected chi connectivity index (χ1v) is 11.2. The van der Waals surface area contributed by atoms with Gasteiger partial charge in [-0.3, -0.25) is 9.67 Å². The Balaban J connectivity index is 1.59. The van der Waals surface area contributed by atoms with E-state index in [9.17, 15) is 12.8 Å². The van der Waals surface area contributed by atoms with Crippen LogP contribution in [0.1, 0.15) is 43.0 Å². The van der Waals surface area contributed by atoms with E-state index in [0.717, 1.165) is 43.1 Å². The fourth-order valence-corrected chi connectivity index (χ4v) is 4.78. The lowest BCUT2D eigenvalue weighted by Crippen LogP contribution is -2.23. The van der Waals surface area contributed by atoms with Crippen LogP contribution in [0.25, 0.3) is 11.4 Å². The number of rotatable bonds is 6. The Kier molecular flexibility index (Phi) is 5.47. The van der Waals surface area contributed by atoms with Crippen LogP contribution in [0.5, 0.6) is 0 Å². The maximum atomic E-state index is 13.5. The first-order chi connectivity index (χ1) is 13.9. The fraction of sp³-hybridized carbons (Fsp3) is 0.333. The summed E-state index contributed by atoms with van der Waals surface area (Å²) in [5.74, 6) is -0.431. The first kappa shape index (κ1) is 19.7. The molecule has 0 saturated heterocycles. The summed E-state index contributed by atoms with van der Waals surface area (Å²) in [6.07, 6.45) is 6.18. The third-order valence-corrected chi connectivity index (χ3v) is 6.67. The van der Waals surface area contributed by atoms with E-state index in [2.05, 4.69) is 14.8 Å². The molecule has 1 saturated carbocycles. The summed E-state index contributed by atoms with van der Waals surface area (Å²) >= 11 is 0. The predicted molar refractivity (Wildman–Crippen MR) is 108 cm³/mol. The lowest BCUT2D eigenvalue weighted by atomic mass is 10.2. The predicted octanol–water partition coefficient (Wildman–Crippen LogP) is 3.99. The Labute approximate surface area is 169 Å². The molecule has 0 unspecified atom stereocenters. The van der Waals surface area contributed by atoms with Crippen LogP contribution in [0.3, 0.4) is 0 Å². The van der Waals surface area contributed by atoms with E-state index >= 15 is 0 Å². The van der Waals surface area contributed by atoms with E-state index in [1.807, 2.05) is 28.9 Å². The molecule has 152 valence electrons. The zero-order chi connectivity index (χ0) is 20.4. The summed E-state index contributed by atoms with van der Waals surface area (Å²) in [6.45, 7) is 1.59. The molecule has 6 nitrogen and oxygen atoms in total. The summed E-state index contributed by atoms with van der Waals surface area (Å²) in [5, 5.41) is 4.69. The highest BCUT2D eigenvalue weighted by Crippen LogP contribution is 2.33. The number of nitrogens with one attached hydrogen (secondary N) is 1. The van der Waals surface area contributed by atoms with Crippen molar-refractivity contribution < 1.29 is 12.8 Å². The van der Waals surface area contributed by atoms with Crippen molar-refractivity contribution in [2.45, 2.75) is 50.1 Å². The van der Waals surface area contributed by atoms with Gasteiger partial charge in [0.25, 0.3) is 0 Å². The standard InChI is InChI=1S/C21H23FN4O2S/c1-15-12-18(9-10-19(15)22)29(27,28)24-14-16-13-21(20-8-4-5-11-23-20)26(25-16)17-6-2-3-7-17/h4-5,8-13,17,24H,2-3,6-7,14H2,1H3. The zero-order valence-corrected chi connectivity index (χ0v) is 17.0. The van der Waals surface area contributed by atoms with Crippen molar-refractivity contribution >= 4 is 10.0 Å². The molecular weight excluding hydrogens is 391 g/mol. The number of aromatic nitrogens is 3. The van der Waals surface area contributed by atoms with Crippen molar-refractivity contribution in [3.8, 4) is 11.4 Å². The smallest absolute Gasteiger partial charge is 0.240 e. The number of aryl methyl sites for hydroxylation is 1. The van der Waals surface area contributed by atoms with Gasteiger partial charge in [-0.25, -0.2) is 17.5 Å². The van der Waals surface area contributed by atoms with Gasteiger partial charge >= 0.3 is 0 Å². The van der Waals surface area contributed by atoms with Gasteiger partial charge in [0, 0.05) is 6.20 Å². The molecule has 1 aliphatic carbocycles. The summed E-state index contributed by atoms with van der Waals surface area (Å²) in [6, 6.07) is 11.7. The van der Waals surface area contributed by atoms with E-state index in [-0.39, 0.29) is 17.0 Å². The second-order valence-electron chi connectivity index (χ2n) is 7.35. The number of benzene rings is 1. The number of sulfonamides is 1. The number of nitrogens with zero attached hydrogens (tertiary/aromatic N) is 3. The van der Waals surface area contributed by atoms with Crippen molar-refractivity contribution in [3.63, 3.8) is 0 Å². The van der Waals surface area contributed by atoms with Gasteiger partial charge in [-0.05, 0) is 61.7 Å². The molecular formula is C21H23FN4O2S. The molecule has 8 heteroatoms. The SMILES string of the molecule is Cc1cc(S(=O)(=O)NCc2cc(-c3ccccn3)n(C3CCCC3)n2)ccc1F. The van der Waals surface area contributed by atoms with E-state index < -0.39 is 15.8 Å². The van der Waals surface area contributed by atoms with Gasteiger partial charge in [0.05, 0.1) is 34.6 Å². The second kappa shape index (κ2) is 8.04. The number of hydrogen-bond donors (Lipinski definition) is 1. The van der Waals surface area contributed by atoms with Gasteiger partial charge in [0.2, 0.25) is 10.0 Å². The average molecular weight is 415 g/mol. The van der Waals surface area contributed by atoms with E-state index in [0.29, 0.717) is 11.7 Å². The second-order valence-corrected chi connectivity index (χ2v) is 9.12. The monoisotopic (exact) mass is 414 g/mol. The molecule has 0 radical (unpaired) electrons. The molecule has 0 aliphatic heterocycles. The Morgan fingerprint density at radius 1 is 1.17 bits per heavy atom. The number of pyridine rings is 1. The lowest BCUT2D eigenvalue weighted by molar-refractivity contribution is 0.466. The largest absolute Gasteiger partial charge is 0.260 e. The van der Waals surface area contributed by atoms with Crippen LogP contribution < -0.4 is 4.72 Å². The molecule has 1 aliphatic rings. The minimum Gasteiger partial charge on any atom is -0.260 e. The van der Waals surface area contributed by atoms with Crippen molar-refractivity contribution in [2.75, 3.05) is 0 Å². The van der Waals surface area contributed by atoms with Crippen LogP contribution >= 0.6 is 0 Å². The van der Waals surface area contributed by atoms with E-state index in [1.54, 1.807) is 6.20 Å². The van der Waals surface area contributed by atoms with Gasteiger partial charge in [0.15, 0.2) is 0 Å². The maximum Gasteiger partial charge on any atom is 0.240 e. The molecule has 1 fully saturated rings. The minimum atomic E-state index is -3.77. The minimum absolute atomic E-state index is 0.0385. The molecule has 1 aromatic carbocycles. The number of hydrogen-bond acceptors (Lipinski definition) is 4. The summed E-state index contributed by atoms with van der Waals surface area (Å²) in [5.41, 5.74) is 2.62. The van der Waals surface area contributed by atoms with Crippen LogP contribution in [-0.2, 0) is 16.6 Å². The molecule has 0 amide bonds. The summed E-state index contributed by atoms with van der Waals surface area (Å²) in [7, 11) is -3.77. The molecule has 0 atom stereocenters. The van der Waals surface area contributed by atoms with Crippen molar-refractivity contribution in [2.24, 2.45) is 0 Å². The highest BCUT2D eigenvalue weighted by atomic mass is 32.2. The highest BCUT2D eigenvalue weighted by Gasteiger charge is 2.23. The highest BCUT2D eigenvalue weighted by molar-refractivity contribution is 7.89. The molecule has 2 aromatic heterocycles. The first-order valence-electron chi connectivity index (χ1n) is 9.70. The lowest BCUT2D eigenvalue weighted by Gasteiger charge is -2.13. The van der Waals surface area contributed by atoms with Crippen LogP contribution in [0.2, 0.25) is 0 Å². The van der Waals surface area contributed by atoms with Gasteiger partial charge in [0.1, 0.15) is 5.82 Å². The molecule has 29 heavy (non-hydrogen) atoms. The van der Waals surface area contributed by atoms with E-state index in [4.69, 9.17) is 0 Å². The maximum absolute atomic E-state index is 13.5. The molecule has 0 bridgehead atoms. The van der Waals surface area contributed by atoms with Crippen molar-refractivity contribution in [1.29, 1.82) is 0 Å². The summed E-state index contributed by atoms with van der Waals surface area (Å²) in [4.78, 5) is 4.47. The zero-order valence-electron chi connectivity index (χ0n) is 16.2. The average Bonchev–Trinajstić information content (AvgIpc) is 3.39. The molecule has 0 spiro atoms. The summed E-state index contributed by atoms with van der Waals surface area (Å²) < 4.78 is 43.2. The van der Waals surface area contributed by atoms with Gasteiger partial charge in [-0.1, -0.05) is 18.9 Å². The third kappa shape index (κ3) is 4.23. The Hall–Kier alpha value is -2.58. The van der Waals surface area contributed by atoms with Gasteiger partial charge < -0.3 is 0 Å². The van der Waals surface area contributed by atoms with Gasteiger partial charge in [-0.15, -0.1) is 0 Å². The van der Waals surface area contributed by atoms with E-state index in [1.165, 1.54) is 19.1 Å². The molecule has 2 heterocycles. The van der Waals surface area contributed by atoms with Crippen LogP contribution in [0, 0.1) is 12.7 Å². The van der Waals surface area contributed by atoms with Gasteiger partial charge in [-0.2, -0.15) is 5.10 Å². The molecule has 3 aromatic rings. The quantitative estimate of drug-likeness (QED) is 0.662. The third-order valence-electron chi connectivity index (χ3n) is 5.27. The fourth-order valence-electron chi connectivity index (χ4n) is 3.70. The van der Waals surface area contributed by atoms with Crippen molar-refractivity contribution in [3.05, 3.63) is 65.7 Å². The number of halogens is 1. The molecule has 4 rings (SSSR count). The van der Waals surface area contributed by atoms with Crippen molar-refractivity contribution in [1.82, 2.24) is 19.5 Å². The Bertz CT molecular complexity index is 1110. The van der Waals surface area contributed by atoms with Crippen LogP contribution in [0.4, 0.5) is 4.39 Å². The Morgan fingerprint density at radius 2 is 1.97 bits per heavy atom.